The average molecular weight is 392 g/mol. The van der Waals surface area contributed by atoms with E-state index in [2.05, 4.69) is 25.2 Å². The zero-order valence-electron chi connectivity index (χ0n) is 14.6. The largest absolute Gasteiger partial charge is 0.573 e. The van der Waals surface area contributed by atoms with Crippen molar-refractivity contribution in [3.05, 3.63) is 70.1 Å². The smallest absolute Gasteiger partial charge is 0.497 e. The minimum Gasteiger partial charge on any atom is -0.497 e. The van der Waals surface area contributed by atoms with Crippen LogP contribution in [-0.4, -0.2) is 28.7 Å². The Hall–Kier alpha value is -3.56. The molecule has 3 rings (SSSR count). The molecule has 1 heterocycles. The quantitative estimate of drug-likeness (QED) is 0.668. The molecular weight excluding hydrogens is 377 g/mol. The SMILES string of the molecule is COc1ccc(Cc2nnc(Nc3ccc(OC(F)(F)F)cc3)[nH]c2=O)cc1. The zero-order chi connectivity index (χ0) is 20.1. The van der Waals surface area contributed by atoms with Gasteiger partial charge in [-0.2, -0.15) is 0 Å². The number of hydrogen-bond acceptors (Lipinski definition) is 6. The molecule has 0 aliphatic rings. The third kappa shape index (κ3) is 5.22. The lowest BCUT2D eigenvalue weighted by molar-refractivity contribution is -0.274. The van der Waals surface area contributed by atoms with Gasteiger partial charge in [0, 0.05) is 12.1 Å². The summed E-state index contributed by atoms with van der Waals surface area (Å²) in [7, 11) is 1.56. The van der Waals surface area contributed by atoms with Gasteiger partial charge in [0.15, 0.2) is 0 Å². The Bertz CT molecular complexity index is 987. The van der Waals surface area contributed by atoms with Gasteiger partial charge in [-0.25, -0.2) is 0 Å². The molecule has 1 aromatic heterocycles. The summed E-state index contributed by atoms with van der Waals surface area (Å²) in [6, 6.07) is 12.2. The van der Waals surface area contributed by atoms with Gasteiger partial charge in [-0.3, -0.25) is 9.78 Å². The van der Waals surface area contributed by atoms with Crippen LogP contribution in [0.3, 0.4) is 0 Å². The molecule has 28 heavy (non-hydrogen) atoms. The highest BCUT2D eigenvalue weighted by molar-refractivity contribution is 5.54. The van der Waals surface area contributed by atoms with E-state index in [4.69, 9.17) is 4.74 Å². The fourth-order valence-corrected chi connectivity index (χ4v) is 2.35. The summed E-state index contributed by atoms with van der Waals surface area (Å²) in [6.07, 6.45) is -4.47. The third-order valence-electron chi connectivity index (χ3n) is 3.65. The Labute approximate surface area is 157 Å². The molecule has 0 saturated carbocycles. The van der Waals surface area contributed by atoms with Crippen molar-refractivity contribution >= 4 is 11.6 Å². The second kappa shape index (κ2) is 7.99. The van der Waals surface area contributed by atoms with Crippen LogP contribution in [0, 0.1) is 0 Å². The summed E-state index contributed by atoms with van der Waals surface area (Å²) in [5, 5.41) is 10.6. The van der Waals surface area contributed by atoms with Gasteiger partial charge < -0.3 is 14.8 Å². The number of halogens is 3. The third-order valence-corrected chi connectivity index (χ3v) is 3.65. The zero-order valence-corrected chi connectivity index (χ0v) is 14.6. The van der Waals surface area contributed by atoms with Crippen LogP contribution in [0.25, 0.3) is 0 Å². The number of nitrogens with zero attached hydrogens (tertiary/aromatic N) is 2. The number of hydrogen-bond donors (Lipinski definition) is 2. The standard InChI is InChI=1S/C18H15F3N4O3/c1-27-13-6-2-11(3-7-13)10-15-16(26)23-17(25-24-15)22-12-4-8-14(9-5-12)28-18(19,20)21/h2-9H,10H2,1H3,(H2,22,23,25,26). The maximum atomic E-state index is 12.2. The minimum absolute atomic E-state index is 0.0629. The topological polar surface area (TPSA) is 89.1 Å². The van der Waals surface area contributed by atoms with Gasteiger partial charge in [-0.1, -0.05) is 12.1 Å². The minimum atomic E-state index is -4.76. The first-order valence-corrected chi connectivity index (χ1v) is 8.04. The highest BCUT2D eigenvalue weighted by atomic mass is 19.4. The lowest BCUT2D eigenvalue weighted by atomic mass is 10.1. The van der Waals surface area contributed by atoms with Gasteiger partial charge in [0.2, 0.25) is 5.95 Å². The summed E-state index contributed by atoms with van der Waals surface area (Å²) in [6.45, 7) is 0. The van der Waals surface area contributed by atoms with E-state index in [9.17, 15) is 18.0 Å². The molecule has 0 spiro atoms. The number of rotatable bonds is 6. The number of nitrogens with one attached hydrogen (secondary N) is 2. The maximum Gasteiger partial charge on any atom is 0.573 e. The highest BCUT2D eigenvalue weighted by Crippen LogP contribution is 2.24. The molecule has 0 aliphatic heterocycles. The molecule has 0 fully saturated rings. The highest BCUT2D eigenvalue weighted by Gasteiger charge is 2.30. The molecule has 3 aromatic rings. The van der Waals surface area contributed by atoms with Crippen LogP contribution >= 0.6 is 0 Å². The van der Waals surface area contributed by atoms with E-state index >= 15 is 0 Å². The van der Waals surface area contributed by atoms with Gasteiger partial charge in [-0.05, 0) is 42.0 Å². The van der Waals surface area contributed by atoms with E-state index in [1.807, 2.05) is 12.1 Å². The van der Waals surface area contributed by atoms with Gasteiger partial charge in [0.05, 0.1) is 7.11 Å². The van der Waals surface area contributed by atoms with E-state index in [1.54, 1.807) is 19.2 Å². The van der Waals surface area contributed by atoms with Crippen molar-refractivity contribution in [2.75, 3.05) is 12.4 Å². The van der Waals surface area contributed by atoms with E-state index < -0.39 is 11.9 Å². The molecule has 0 atom stereocenters. The van der Waals surface area contributed by atoms with Gasteiger partial charge in [0.1, 0.15) is 17.2 Å². The number of anilines is 2. The van der Waals surface area contributed by atoms with Crippen LogP contribution in [-0.2, 0) is 6.42 Å². The summed E-state index contributed by atoms with van der Waals surface area (Å²) >= 11 is 0. The average Bonchev–Trinajstić information content (AvgIpc) is 2.65. The van der Waals surface area contributed by atoms with E-state index in [0.717, 1.165) is 17.7 Å². The summed E-state index contributed by atoms with van der Waals surface area (Å²) in [4.78, 5) is 14.7. The Morgan fingerprint density at radius 3 is 2.21 bits per heavy atom. The molecule has 0 unspecified atom stereocenters. The van der Waals surface area contributed by atoms with Crippen LogP contribution in [0.1, 0.15) is 11.3 Å². The molecule has 0 aliphatic carbocycles. The Morgan fingerprint density at radius 1 is 1.00 bits per heavy atom. The van der Waals surface area contributed by atoms with Crippen LogP contribution in [0.2, 0.25) is 0 Å². The molecule has 146 valence electrons. The Morgan fingerprint density at radius 2 is 1.64 bits per heavy atom. The van der Waals surface area contributed by atoms with Crippen molar-refractivity contribution < 1.29 is 22.6 Å². The van der Waals surface area contributed by atoms with E-state index in [-0.39, 0.29) is 23.8 Å². The maximum absolute atomic E-state index is 12.2. The first-order valence-electron chi connectivity index (χ1n) is 8.04. The van der Waals surface area contributed by atoms with Crippen molar-refractivity contribution in [1.29, 1.82) is 0 Å². The van der Waals surface area contributed by atoms with Crippen LogP contribution in [0.15, 0.2) is 53.3 Å². The van der Waals surface area contributed by atoms with Crippen LogP contribution in [0.4, 0.5) is 24.8 Å². The fourth-order valence-electron chi connectivity index (χ4n) is 2.35. The number of aromatic nitrogens is 3. The number of H-pyrrole nitrogens is 1. The number of methoxy groups -OCH3 is 1. The van der Waals surface area contributed by atoms with Crippen LogP contribution in [0.5, 0.6) is 11.5 Å². The number of benzene rings is 2. The number of ether oxygens (including phenoxy) is 2. The predicted octanol–water partition coefficient (Wildman–Crippen LogP) is 3.41. The number of aromatic amines is 1. The van der Waals surface area contributed by atoms with E-state index in [1.165, 1.54) is 12.1 Å². The molecule has 2 N–H and O–H groups in total. The molecular formula is C18H15F3N4O3. The first kappa shape index (κ1) is 19.2. The molecule has 2 aromatic carbocycles. The van der Waals surface area contributed by atoms with Gasteiger partial charge in [-0.15, -0.1) is 23.4 Å². The molecule has 0 radical (unpaired) electrons. The lowest BCUT2D eigenvalue weighted by Crippen LogP contribution is -2.19. The second-order valence-corrected chi connectivity index (χ2v) is 5.67. The van der Waals surface area contributed by atoms with Crippen molar-refractivity contribution in [1.82, 2.24) is 15.2 Å². The van der Waals surface area contributed by atoms with Gasteiger partial charge >= 0.3 is 6.36 Å². The summed E-state index contributed by atoms with van der Waals surface area (Å²) in [5.41, 5.74) is 1.07. The number of alkyl halides is 3. The lowest BCUT2D eigenvalue weighted by Gasteiger charge is -2.10. The molecule has 0 saturated heterocycles. The summed E-state index contributed by atoms with van der Waals surface area (Å²) in [5.74, 6) is 0.412. The van der Waals surface area contributed by atoms with Crippen molar-refractivity contribution in [2.45, 2.75) is 12.8 Å². The Balaban J connectivity index is 1.67. The van der Waals surface area contributed by atoms with Crippen molar-refractivity contribution in [2.24, 2.45) is 0 Å². The van der Waals surface area contributed by atoms with Crippen molar-refractivity contribution in [3.63, 3.8) is 0 Å². The predicted molar refractivity (Wildman–Crippen MR) is 94.9 cm³/mol. The molecule has 0 bridgehead atoms. The summed E-state index contributed by atoms with van der Waals surface area (Å²) < 4.78 is 45.4. The normalized spacial score (nSPS) is 11.1. The van der Waals surface area contributed by atoms with Crippen molar-refractivity contribution in [3.8, 4) is 11.5 Å². The van der Waals surface area contributed by atoms with E-state index in [0.29, 0.717) is 11.4 Å². The molecule has 0 amide bonds. The molecule has 10 heteroatoms. The van der Waals surface area contributed by atoms with Crippen LogP contribution < -0.4 is 20.3 Å². The first-order chi connectivity index (χ1) is 13.3. The van der Waals surface area contributed by atoms with Gasteiger partial charge in [0.25, 0.3) is 5.56 Å². The Kier molecular flexibility index (Phi) is 5.48. The fraction of sp³-hybridized carbons (Fsp3) is 0.167. The second-order valence-electron chi connectivity index (χ2n) is 5.67. The molecule has 7 nitrogen and oxygen atoms in total. The monoisotopic (exact) mass is 392 g/mol.